The Morgan fingerprint density at radius 1 is 0.300 bits per heavy atom. The summed E-state index contributed by atoms with van der Waals surface area (Å²) in [7, 11) is 0. The average molecular weight is 780 g/mol. The fourth-order valence-corrected chi connectivity index (χ4v) is 10.8. The van der Waals surface area contributed by atoms with E-state index in [1.807, 2.05) is 11.3 Å². The normalized spacial score (nSPS) is 11.7. The van der Waals surface area contributed by atoms with Crippen molar-refractivity contribution in [1.82, 2.24) is 0 Å². The molecule has 0 aliphatic rings. The number of hydrogen-bond donors (Lipinski definition) is 0. The van der Waals surface area contributed by atoms with Crippen molar-refractivity contribution in [1.29, 1.82) is 0 Å². The Labute approximate surface area is 352 Å². The highest BCUT2D eigenvalue weighted by Gasteiger charge is 2.22. The van der Waals surface area contributed by atoms with Crippen molar-refractivity contribution < 1.29 is 0 Å². The molecule has 0 saturated heterocycles. The van der Waals surface area contributed by atoms with Crippen LogP contribution in [-0.4, -0.2) is 0 Å². The van der Waals surface area contributed by atoms with E-state index >= 15 is 0 Å². The maximum Gasteiger partial charge on any atom is 0.0640 e. The molecule has 1 heterocycles. The first-order chi connectivity index (χ1) is 29.8. The Morgan fingerprint density at radius 2 is 0.850 bits per heavy atom. The van der Waals surface area contributed by atoms with Crippen LogP contribution in [0.2, 0.25) is 0 Å². The van der Waals surface area contributed by atoms with Gasteiger partial charge in [0.05, 0.1) is 10.4 Å². The van der Waals surface area contributed by atoms with Gasteiger partial charge in [-0.2, -0.15) is 0 Å². The molecule has 0 radical (unpaired) electrons. The topological polar surface area (TPSA) is 3.24 Å². The van der Waals surface area contributed by atoms with Crippen LogP contribution in [-0.2, 0) is 0 Å². The first-order valence-electron chi connectivity index (χ1n) is 20.6. The summed E-state index contributed by atoms with van der Waals surface area (Å²) in [4.78, 5) is 2.48. The summed E-state index contributed by atoms with van der Waals surface area (Å²) in [5, 5.41) is 12.6. The standard InChI is InChI=1S/C58H37NS/c1-3-16-40(17-4-1)56-51-23-10-9-21-47(51)49-36-34-43(37-53(49)57(56)41-18-5-2-6-19-41)59(54-27-14-26-52-50-22-11-12-28-55(50)60-58(52)54)42-32-29-39(30-33-42)45-24-13-25-46-44-20-8-7-15-38(44)31-35-48(45)46/h1-37H. The minimum atomic E-state index is 1.11. The highest BCUT2D eigenvalue weighted by Crippen LogP contribution is 2.49. The van der Waals surface area contributed by atoms with Gasteiger partial charge < -0.3 is 4.90 Å². The Morgan fingerprint density at radius 3 is 1.63 bits per heavy atom. The first-order valence-corrected chi connectivity index (χ1v) is 21.4. The van der Waals surface area contributed by atoms with Crippen LogP contribution in [0, 0.1) is 0 Å². The molecule has 0 atom stereocenters. The van der Waals surface area contributed by atoms with E-state index in [1.54, 1.807) is 0 Å². The minimum Gasteiger partial charge on any atom is -0.309 e. The Kier molecular flexibility index (Phi) is 8.11. The van der Waals surface area contributed by atoms with Crippen LogP contribution < -0.4 is 4.90 Å². The lowest BCUT2D eigenvalue weighted by Crippen LogP contribution is -2.10. The van der Waals surface area contributed by atoms with Crippen molar-refractivity contribution in [2.24, 2.45) is 0 Å². The van der Waals surface area contributed by atoms with Crippen LogP contribution in [0.5, 0.6) is 0 Å². The van der Waals surface area contributed by atoms with E-state index in [4.69, 9.17) is 0 Å². The molecule has 0 amide bonds. The molecule has 12 rings (SSSR count). The third-order valence-corrected chi connectivity index (χ3v) is 13.4. The van der Waals surface area contributed by atoms with Crippen LogP contribution in [0.4, 0.5) is 17.1 Å². The summed E-state index contributed by atoms with van der Waals surface area (Å²) in [6, 6.07) is 82.5. The lowest BCUT2D eigenvalue weighted by molar-refractivity contribution is 1.31. The fraction of sp³-hybridized carbons (Fsp3) is 0. The largest absolute Gasteiger partial charge is 0.309 e. The van der Waals surface area contributed by atoms with Crippen LogP contribution in [0.15, 0.2) is 224 Å². The molecule has 0 spiro atoms. The maximum absolute atomic E-state index is 2.48. The summed E-state index contributed by atoms with van der Waals surface area (Å²) < 4.78 is 2.57. The molecule has 2 heteroatoms. The van der Waals surface area contributed by atoms with Crippen molar-refractivity contribution in [2.75, 3.05) is 4.90 Å². The van der Waals surface area contributed by atoms with Crippen LogP contribution >= 0.6 is 11.3 Å². The molecule has 0 aliphatic heterocycles. The Balaban J connectivity index is 1.12. The highest BCUT2D eigenvalue weighted by atomic mass is 32.1. The SMILES string of the molecule is c1ccc(-c2c(-c3ccccc3)c3cc(N(c4ccc(-c5cccc6c5ccc5ccccc56)cc4)c4cccc5c4sc4ccccc45)ccc3c3ccccc23)cc1. The average Bonchev–Trinajstić information content (AvgIpc) is 3.71. The van der Waals surface area contributed by atoms with Gasteiger partial charge in [0.2, 0.25) is 0 Å². The van der Waals surface area contributed by atoms with E-state index in [0.717, 1.165) is 11.4 Å². The van der Waals surface area contributed by atoms with Crippen molar-refractivity contribution in [2.45, 2.75) is 0 Å². The van der Waals surface area contributed by atoms with Crippen molar-refractivity contribution in [3.8, 4) is 33.4 Å². The van der Waals surface area contributed by atoms with E-state index < -0.39 is 0 Å². The molecule has 12 aromatic rings. The van der Waals surface area contributed by atoms with E-state index in [2.05, 4.69) is 229 Å². The van der Waals surface area contributed by atoms with Gasteiger partial charge in [0.25, 0.3) is 0 Å². The van der Waals surface area contributed by atoms with E-state index in [-0.39, 0.29) is 0 Å². The minimum absolute atomic E-state index is 1.11. The van der Waals surface area contributed by atoms with Gasteiger partial charge in [-0.15, -0.1) is 11.3 Å². The van der Waals surface area contributed by atoms with Gasteiger partial charge in [0.1, 0.15) is 0 Å². The van der Waals surface area contributed by atoms with Gasteiger partial charge in [0.15, 0.2) is 0 Å². The maximum atomic E-state index is 2.48. The number of hydrogen-bond acceptors (Lipinski definition) is 2. The molecule has 0 N–H and O–H groups in total. The van der Waals surface area contributed by atoms with E-state index in [0.29, 0.717) is 0 Å². The van der Waals surface area contributed by atoms with Crippen LogP contribution in [0.25, 0.3) is 96.6 Å². The predicted octanol–water partition coefficient (Wildman–Crippen LogP) is 17.1. The summed E-state index contributed by atoms with van der Waals surface area (Å²) in [6.07, 6.45) is 0. The quantitative estimate of drug-likeness (QED) is 0.152. The van der Waals surface area contributed by atoms with Crippen molar-refractivity contribution >= 4 is 91.7 Å². The van der Waals surface area contributed by atoms with Crippen molar-refractivity contribution in [3.05, 3.63) is 224 Å². The zero-order valence-electron chi connectivity index (χ0n) is 32.7. The van der Waals surface area contributed by atoms with Crippen LogP contribution in [0.3, 0.4) is 0 Å². The number of thiophene rings is 1. The van der Waals surface area contributed by atoms with Crippen molar-refractivity contribution in [3.63, 3.8) is 0 Å². The van der Waals surface area contributed by atoms with Crippen LogP contribution in [0.1, 0.15) is 0 Å². The number of anilines is 3. The molecular weight excluding hydrogens is 743 g/mol. The lowest BCUT2D eigenvalue weighted by atomic mass is 9.85. The number of rotatable bonds is 6. The monoisotopic (exact) mass is 779 g/mol. The molecular formula is C58H37NS. The van der Waals surface area contributed by atoms with Gasteiger partial charge >= 0.3 is 0 Å². The summed E-state index contributed by atoms with van der Waals surface area (Å²) >= 11 is 1.87. The molecule has 0 bridgehead atoms. The van der Waals surface area contributed by atoms with Gasteiger partial charge in [-0.1, -0.05) is 188 Å². The number of nitrogens with zero attached hydrogens (tertiary/aromatic N) is 1. The lowest BCUT2D eigenvalue weighted by Gasteiger charge is -2.27. The molecule has 0 saturated carbocycles. The molecule has 0 fully saturated rings. The summed E-state index contributed by atoms with van der Waals surface area (Å²) in [6.45, 7) is 0. The van der Waals surface area contributed by atoms with E-state index in [1.165, 1.54) is 102 Å². The zero-order valence-corrected chi connectivity index (χ0v) is 33.5. The molecule has 60 heavy (non-hydrogen) atoms. The summed E-state index contributed by atoms with van der Waals surface area (Å²) in [5.74, 6) is 0. The second kappa shape index (κ2) is 14.1. The molecule has 280 valence electrons. The van der Waals surface area contributed by atoms with E-state index in [9.17, 15) is 0 Å². The Hall–Kier alpha value is -7.52. The smallest absolute Gasteiger partial charge is 0.0640 e. The number of benzene rings is 11. The molecule has 0 aliphatic carbocycles. The fourth-order valence-electron chi connectivity index (χ4n) is 9.55. The summed E-state index contributed by atoms with van der Waals surface area (Å²) in [5.41, 5.74) is 10.7. The third-order valence-electron chi connectivity index (χ3n) is 12.2. The van der Waals surface area contributed by atoms with Gasteiger partial charge in [-0.05, 0) is 113 Å². The molecule has 11 aromatic carbocycles. The van der Waals surface area contributed by atoms with Gasteiger partial charge in [-0.3, -0.25) is 0 Å². The second-order valence-electron chi connectivity index (χ2n) is 15.6. The number of fused-ring (bicyclic) bond motifs is 9. The Bertz CT molecular complexity index is 3590. The zero-order chi connectivity index (χ0) is 39.6. The molecule has 1 nitrogen and oxygen atoms in total. The molecule has 1 aromatic heterocycles. The third kappa shape index (κ3) is 5.53. The molecule has 0 unspecified atom stereocenters. The van der Waals surface area contributed by atoms with Gasteiger partial charge in [0, 0.05) is 26.8 Å². The highest BCUT2D eigenvalue weighted by molar-refractivity contribution is 7.26. The van der Waals surface area contributed by atoms with Gasteiger partial charge in [-0.25, -0.2) is 0 Å². The predicted molar refractivity (Wildman–Crippen MR) is 260 cm³/mol. The second-order valence-corrected chi connectivity index (χ2v) is 16.6. The first kappa shape index (κ1) is 34.5.